The molecule has 0 spiro atoms. The fraction of sp³-hybridized carbons (Fsp3) is 0. The molecule has 19 heavy (non-hydrogen) atoms. The Morgan fingerprint density at radius 1 is 1.05 bits per heavy atom. The molecule has 0 aliphatic heterocycles. The van der Waals surface area contributed by atoms with Gasteiger partial charge in [0.1, 0.15) is 9.79 Å². The van der Waals surface area contributed by atoms with E-state index in [1.165, 1.54) is 0 Å². The summed E-state index contributed by atoms with van der Waals surface area (Å²) in [6.07, 6.45) is 0. The quantitative estimate of drug-likeness (QED) is 0.222. The molecule has 0 aliphatic carbocycles. The van der Waals surface area contributed by atoms with Gasteiger partial charge in [-0.05, 0) is 6.07 Å². The molecule has 0 bridgehead atoms. The van der Waals surface area contributed by atoms with E-state index < -0.39 is 46.4 Å². The molecule has 0 radical (unpaired) electrons. The van der Waals surface area contributed by atoms with Crippen LogP contribution in [0.2, 0.25) is 0 Å². The van der Waals surface area contributed by atoms with Crippen molar-refractivity contribution < 1.29 is 87.4 Å². The second-order valence-corrected chi connectivity index (χ2v) is 5.81. The summed E-state index contributed by atoms with van der Waals surface area (Å²) in [5, 5.41) is 19.7. The fourth-order valence-electron chi connectivity index (χ4n) is 1.05. The third-order valence-electron chi connectivity index (χ3n) is 1.80. The summed E-state index contributed by atoms with van der Waals surface area (Å²) in [5.74, 6) is -1.44. The second kappa shape index (κ2) is 6.11. The van der Waals surface area contributed by atoms with Crippen LogP contribution in [0.3, 0.4) is 0 Å². The molecule has 1 aromatic rings. The van der Waals surface area contributed by atoms with E-state index in [9.17, 15) is 32.1 Å². The molecule has 0 heterocycles. The average Bonchev–Trinajstić information content (AvgIpc) is 2.13. The van der Waals surface area contributed by atoms with Crippen molar-refractivity contribution in [1.82, 2.24) is 0 Å². The van der Waals surface area contributed by atoms with Gasteiger partial charge in [-0.25, -0.2) is 0 Å². The van der Waals surface area contributed by atoms with E-state index >= 15 is 0 Å². The molecule has 1 aromatic carbocycles. The van der Waals surface area contributed by atoms with Crippen molar-refractivity contribution in [3.05, 3.63) is 22.2 Å². The number of hydrogen-bond donors (Lipinski definition) is 3. The Morgan fingerprint density at radius 2 is 1.53 bits per heavy atom. The number of nitrogens with zero attached hydrogens (tertiary/aromatic N) is 1. The van der Waals surface area contributed by atoms with Gasteiger partial charge in [0.15, 0.2) is 0 Å². The van der Waals surface area contributed by atoms with Gasteiger partial charge < -0.3 is 5.11 Å². The third kappa shape index (κ3) is 4.43. The monoisotopic (exact) mass is 338 g/mol. The van der Waals surface area contributed by atoms with Crippen molar-refractivity contribution in [2.24, 2.45) is 0 Å². The number of phenolic OH excluding ortho intramolecular Hbond substituents is 1. The molecule has 100 valence electrons. The predicted octanol–water partition coefficient (Wildman–Crippen LogP) is -3.20. The van der Waals surface area contributed by atoms with Crippen LogP contribution in [0, 0.1) is 10.1 Å². The molecule has 10 nitrogen and oxygen atoms in total. The largest absolute Gasteiger partial charge is 1.00 e. The molecule has 0 aromatic heterocycles. The van der Waals surface area contributed by atoms with Gasteiger partial charge in [0.25, 0.3) is 20.2 Å². The van der Waals surface area contributed by atoms with Gasteiger partial charge >= 0.3 is 57.1 Å². The zero-order valence-electron chi connectivity index (χ0n) is 9.21. The van der Waals surface area contributed by atoms with E-state index in [1.54, 1.807) is 0 Å². The number of phenols is 1. The summed E-state index contributed by atoms with van der Waals surface area (Å²) in [5.41, 5.74) is -1.29. The fourth-order valence-corrected chi connectivity index (χ4v) is 2.28. The molecule has 13 heteroatoms. The zero-order valence-corrected chi connectivity index (χ0v) is 14.0. The molecule has 3 N–H and O–H groups in total. The van der Waals surface area contributed by atoms with Crippen LogP contribution >= 0.6 is 0 Å². The van der Waals surface area contributed by atoms with Crippen LogP contribution in [-0.4, -0.2) is 36.0 Å². The molecule has 0 saturated carbocycles. The Balaban J connectivity index is 0.00000324. The minimum absolute atomic E-state index is 0. The topological polar surface area (TPSA) is 172 Å². The number of hydrogen-bond acceptors (Lipinski definition) is 7. The van der Waals surface area contributed by atoms with Crippen molar-refractivity contribution >= 4 is 25.9 Å². The number of rotatable bonds is 3. The van der Waals surface area contributed by atoms with E-state index in [-0.39, 0.29) is 63.5 Å². The van der Waals surface area contributed by atoms with E-state index in [0.717, 1.165) is 0 Å². The van der Waals surface area contributed by atoms with Crippen molar-refractivity contribution in [2.75, 3.05) is 0 Å². The molecule has 1 rings (SSSR count). The van der Waals surface area contributed by atoms with Crippen molar-refractivity contribution in [1.29, 1.82) is 0 Å². The van der Waals surface area contributed by atoms with Gasteiger partial charge in [-0.3, -0.25) is 19.2 Å². The Labute approximate surface area is 149 Å². The molecule has 0 saturated heterocycles. The summed E-state index contributed by atoms with van der Waals surface area (Å²) < 4.78 is 60.5. The summed E-state index contributed by atoms with van der Waals surface area (Å²) in [6, 6.07) is 0.437. The van der Waals surface area contributed by atoms with E-state index in [4.69, 9.17) is 9.11 Å². The maximum atomic E-state index is 10.8. The first kappa shape index (κ1) is 18.9. The zero-order chi connectivity index (χ0) is 14.3. The minimum Gasteiger partial charge on any atom is -0.501 e. The summed E-state index contributed by atoms with van der Waals surface area (Å²) in [6.45, 7) is 0. The molecular weight excluding hydrogens is 333 g/mol. The van der Waals surface area contributed by atoms with Gasteiger partial charge in [0.2, 0.25) is 5.75 Å². The van der Waals surface area contributed by atoms with Gasteiger partial charge in [-0.2, -0.15) is 16.8 Å². The first-order valence-electron chi connectivity index (χ1n) is 3.91. The maximum absolute atomic E-state index is 10.8. The molecule has 0 atom stereocenters. The number of aromatic hydroxyl groups is 1. The average molecular weight is 338 g/mol. The third-order valence-corrected chi connectivity index (χ3v) is 3.50. The Hall–Kier alpha value is -0.124. The van der Waals surface area contributed by atoms with Crippen LogP contribution in [-0.2, 0) is 20.2 Å². The van der Waals surface area contributed by atoms with Crippen LogP contribution in [0.4, 0.5) is 5.69 Å². The summed E-state index contributed by atoms with van der Waals surface area (Å²) in [4.78, 5) is 6.64. The second-order valence-electron chi connectivity index (χ2n) is 3.00. The van der Waals surface area contributed by atoms with E-state index in [1.807, 2.05) is 0 Å². The van der Waals surface area contributed by atoms with Crippen LogP contribution in [0.1, 0.15) is 0 Å². The number of nitro benzene ring substituents is 1. The first-order chi connectivity index (χ1) is 7.94. The van der Waals surface area contributed by atoms with Crippen LogP contribution in [0.15, 0.2) is 21.9 Å². The number of benzene rings is 1. The smallest absolute Gasteiger partial charge is 0.501 e. The predicted molar refractivity (Wildman–Crippen MR) is 54.4 cm³/mol. The van der Waals surface area contributed by atoms with Gasteiger partial charge in [-0.1, -0.05) is 0 Å². The van der Waals surface area contributed by atoms with Crippen molar-refractivity contribution in [3.8, 4) is 5.75 Å². The Bertz CT molecular complexity index is 723. The Morgan fingerprint density at radius 3 is 1.84 bits per heavy atom. The Kier molecular flexibility index (Phi) is 6.07. The van der Waals surface area contributed by atoms with E-state index in [2.05, 4.69) is 0 Å². The summed E-state index contributed by atoms with van der Waals surface area (Å²) in [7, 11) is -10.1. The molecule has 0 unspecified atom stereocenters. The van der Waals surface area contributed by atoms with Crippen LogP contribution in [0.25, 0.3) is 0 Å². The summed E-state index contributed by atoms with van der Waals surface area (Å²) >= 11 is 0. The van der Waals surface area contributed by atoms with Crippen molar-refractivity contribution in [2.45, 2.75) is 9.79 Å². The SMILES string of the molecule is O=[N+]([O-])c1cc(S(=O)(=O)O)cc(S(=O)(=O)O)c1O.[K+]. The van der Waals surface area contributed by atoms with Gasteiger partial charge in [0.05, 0.1) is 4.92 Å². The molecule has 0 aliphatic rings. The maximum Gasteiger partial charge on any atom is 1.00 e. The number of nitro groups is 1. The normalized spacial score (nSPS) is 11.7. The van der Waals surface area contributed by atoms with E-state index in [0.29, 0.717) is 0 Å². The standard InChI is InChI=1S/C6H5NO9S2.K/c8-6-4(7(9)10)1-3(17(11,12)13)2-5(6)18(14,15)16;/h1-2,8H,(H,11,12,13)(H,14,15,16);/q;+1. The first-order valence-corrected chi connectivity index (χ1v) is 6.79. The minimum atomic E-state index is -5.10. The van der Waals surface area contributed by atoms with Gasteiger partial charge in [-0.15, -0.1) is 0 Å². The van der Waals surface area contributed by atoms with Crippen LogP contribution in [0.5, 0.6) is 5.75 Å². The van der Waals surface area contributed by atoms with Crippen molar-refractivity contribution in [3.63, 3.8) is 0 Å². The van der Waals surface area contributed by atoms with Gasteiger partial charge in [0, 0.05) is 6.07 Å². The molecule has 0 fully saturated rings. The van der Waals surface area contributed by atoms with Crippen LogP contribution < -0.4 is 51.4 Å². The molecular formula is C6H5KNO9S2+. The molecule has 0 amide bonds.